The number of hydrogen-bond acceptors (Lipinski definition) is 4. The summed E-state index contributed by atoms with van der Waals surface area (Å²) in [7, 11) is 0. The highest BCUT2D eigenvalue weighted by Crippen LogP contribution is 2.25. The smallest absolute Gasteiger partial charge is 0.296 e. The van der Waals surface area contributed by atoms with Gasteiger partial charge in [0.2, 0.25) is 11.7 Å². The number of carbonyl (C=O) groups is 3. The topological polar surface area (TPSA) is 84.3 Å². The minimum Gasteiger partial charge on any atom is -0.355 e. The summed E-state index contributed by atoms with van der Waals surface area (Å²) in [6.07, 6.45) is 2.76. The average Bonchev–Trinajstić information content (AvgIpc) is 3.25. The molecular weight excluding hydrogens is 403 g/mol. The summed E-state index contributed by atoms with van der Waals surface area (Å²) in [6.45, 7) is 2.81. The number of halogens is 2. The summed E-state index contributed by atoms with van der Waals surface area (Å²) in [6, 6.07) is 6.96. The van der Waals surface area contributed by atoms with Crippen LogP contribution in [-0.2, 0) is 27.3 Å². The van der Waals surface area contributed by atoms with E-state index >= 15 is 0 Å². The van der Waals surface area contributed by atoms with Gasteiger partial charge in [-0.25, -0.2) is 4.68 Å². The van der Waals surface area contributed by atoms with Crippen LogP contribution in [0.15, 0.2) is 30.5 Å². The van der Waals surface area contributed by atoms with Crippen molar-refractivity contribution in [3.63, 3.8) is 0 Å². The molecule has 3 rings (SSSR count). The Morgan fingerprint density at radius 1 is 1.25 bits per heavy atom. The maximum Gasteiger partial charge on any atom is 0.296 e. The number of benzene rings is 1. The van der Waals surface area contributed by atoms with Gasteiger partial charge < -0.3 is 5.32 Å². The van der Waals surface area contributed by atoms with Gasteiger partial charge in [-0.05, 0) is 37.5 Å². The molecule has 0 aliphatic carbocycles. The van der Waals surface area contributed by atoms with Crippen molar-refractivity contribution >= 4 is 46.6 Å². The lowest BCUT2D eigenvalue weighted by atomic mass is 10.1. The van der Waals surface area contributed by atoms with Gasteiger partial charge in [-0.1, -0.05) is 29.3 Å². The van der Waals surface area contributed by atoms with E-state index in [-0.39, 0.29) is 6.54 Å². The summed E-state index contributed by atoms with van der Waals surface area (Å²) >= 11 is 12.3. The molecule has 9 heteroatoms. The van der Waals surface area contributed by atoms with Crippen molar-refractivity contribution in [1.29, 1.82) is 0 Å². The van der Waals surface area contributed by atoms with E-state index in [0.717, 1.165) is 5.56 Å². The minimum absolute atomic E-state index is 0.0194. The standard InChI is InChI=1S/C19H20Cl2N4O3/c1-2-25-16(8-10-23-25)24-11-13(17(26)19(24)28)18(27)22-9-4-5-12-14(20)6-3-7-15(12)21/h3,6-8,10,13H,2,4-5,9,11H2,1H3,(H,22,27). The number of Topliss-reactive ketones (excluding diaryl/α,β-unsaturated/α-hetero) is 1. The van der Waals surface area contributed by atoms with Crippen molar-refractivity contribution in [2.24, 2.45) is 5.92 Å². The van der Waals surface area contributed by atoms with E-state index in [0.29, 0.717) is 41.8 Å². The largest absolute Gasteiger partial charge is 0.355 e. The van der Waals surface area contributed by atoms with E-state index in [1.54, 1.807) is 35.1 Å². The van der Waals surface area contributed by atoms with Gasteiger partial charge in [0.1, 0.15) is 11.7 Å². The molecule has 2 heterocycles. The zero-order valence-electron chi connectivity index (χ0n) is 15.3. The Hall–Kier alpha value is -2.38. The number of aromatic nitrogens is 2. The van der Waals surface area contributed by atoms with Crippen LogP contribution >= 0.6 is 23.2 Å². The van der Waals surface area contributed by atoms with Gasteiger partial charge in [0, 0.05) is 35.7 Å². The first kappa shape index (κ1) is 20.4. The Morgan fingerprint density at radius 3 is 2.64 bits per heavy atom. The summed E-state index contributed by atoms with van der Waals surface area (Å²) in [5.74, 6) is -2.33. The lowest BCUT2D eigenvalue weighted by Crippen LogP contribution is -2.36. The zero-order valence-corrected chi connectivity index (χ0v) is 16.8. The molecule has 1 unspecified atom stereocenters. The fourth-order valence-electron chi connectivity index (χ4n) is 3.20. The molecular formula is C19H20Cl2N4O3. The van der Waals surface area contributed by atoms with Crippen LogP contribution < -0.4 is 10.2 Å². The van der Waals surface area contributed by atoms with Gasteiger partial charge in [-0.2, -0.15) is 5.10 Å². The van der Waals surface area contributed by atoms with Crippen molar-refractivity contribution in [2.45, 2.75) is 26.3 Å². The molecule has 1 saturated heterocycles. The number of hydrogen-bond donors (Lipinski definition) is 1. The third-order valence-electron chi connectivity index (χ3n) is 4.69. The molecule has 1 atom stereocenters. The summed E-state index contributed by atoms with van der Waals surface area (Å²) in [4.78, 5) is 38.3. The Bertz CT molecular complexity index is 892. The maximum atomic E-state index is 12.4. The Balaban J connectivity index is 1.56. The monoisotopic (exact) mass is 422 g/mol. The van der Waals surface area contributed by atoms with E-state index in [2.05, 4.69) is 10.4 Å². The number of nitrogens with one attached hydrogen (secondary N) is 1. The van der Waals surface area contributed by atoms with Crippen molar-refractivity contribution in [3.05, 3.63) is 46.1 Å². The second kappa shape index (κ2) is 8.75. The van der Waals surface area contributed by atoms with Gasteiger partial charge in [0.05, 0.1) is 6.20 Å². The highest BCUT2D eigenvalue weighted by atomic mass is 35.5. The van der Waals surface area contributed by atoms with Crippen LogP contribution in [-0.4, -0.2) is 40.5 Å². The van der Waals surface area contributed by atoms with Gasteiger partial charge in [0.25, 0.3) is 5.91 Å². The first-order chi connectivity index (χ1) is 13.4. The molecule has 1 aromatic heterocycles. The van der Waals surface area contributed by atoms with Crippen LogP contribution in [0, 0.1) is 5.92 Å². The predicted molar refractivity (Wildman–Crippen MR) is 107 cm³/mol. The Labute approximate surface area is 172 Å². The number of amides is 2. The van der Waals surface area contributed by atoms with E-state index in [1.165, 1.54) is 4.90 Å². The third kappa shape index (κ3) is 4.05. The van der Waals surface area contributed by atoms with Crippen molar-refractivity contribution in [2.75, 3.05) is 18.0 Å². The van der Waals surface area contributed by atoms with Crippen LogP contribution in [0.5, 0.6) is 0 Å². The first-order valence-electron chi connectivity index (χ1n) is 9.02. The van der Waals surface area contributed by atoms with Crippen molar-refractivity contribution < 1.29 is 14.4 Å². The lowest BCUT2D eigenvalue weighted by molar-refractivity contribution is -0.139. The highest BCUT2D eigenvalue weighted by Gasteiger charge is 2.44. The van der Waals surface area contributed by atoms with Crippen LogP contribution in [0.2, 0.25) is 10.0 Å². The second-order valence-corrected chi connectivity index (χ2v) is 7.25. The molecule has 0 bridgehead atoms. The molecule has 2 aromatic rings. The lowest BCUT2D eigenvalue weighted by Gasteiger charge is -2.16. The van der Waals surface area contributed by atoms with Crippen LogP contribution in [0.3, 0.4) is 0 Å². The zero-order chi connectivity index (χ0) is 20.3. The highest BCUT2D eigenvalue weighted by molar-refractivity contribution is 6.47. The van der Waals surface area contributed by atoms with Crippen molar-refractivity contribution in [1.82, 2.24) is 15.1 Å². The van der Waals surface area contributed by atoms with Crippen LogP contribution in [0.4, 0.5) is 5.82 Å². The molecule has 7 nitrogen and oxygen atoms in total. The van der Waals surface area contributed by atoms with Crippen molar-refractivity contribution in [3.8, 4) is 0 Å². The molecule has 1 aliphatic rings. The molecule has 1 fully saturated rings. The Morgan fingerprint density at radius 2 is 1.96 bits per heavy atom. The fraction of sp³-hybridized carbons (Fsp3) is 0.368. The molecule has 148 valence electrons. The van der Waals surface area contributed by atoms with E-state index < -0.39 is 23.5 Å². The summed E-state index contributed by atoms with van der Waals surface area (Å²) < 4.78 is 1.61. The van der Waals surface area contributed by atoms with Gasteiger partial charge >= 0.3 is 0 Å². The molecule has 2 amide bonds. The molecule has 0 radical (unpaired) electrons. The number of aryl methyl sites for hydroxylation is 1. The number of ketones is 1. The van der Waals surface area contributed by atoms with E-state index in [1.807, 2.05) is 6.92 Å². The third-order valence-corrected chi connectivity index (χ3v) is 5.40. The van der Waals surface area contributed by atoms with E-state index in [4.69, 9.17) is 23.2 Å². The molecule has 28 heavy (non-hydrogen) atoms. The maximum absolute atomic E-state index is 12.4. The molecule has 1 aromatic carbocycles. The predicted octanol–water partition coefficient (Wildman–Crippen LogP) is 2.49. The average molecular weight is 423 g/mol. The minimum atomic E-state index is -1.02. The molecule has 1 aliphatic heterocycles. The second-order valence-electron chi connectivity index (χ2n) is 6.43. The Kier molecular flexibility index (Phi) is 6.36. The molecule has 0 saturated carbocycles. The van der Waals surface area contributed by atoms with Crippen LogP contribution in [0.1, 0.15) is 18.9 Å². The van der Waals surface area contributed by atoms with Gasteiger partial charge in [-0.3, -0.25) is 19.3 Å². The summed E-state index contributed by atoms with van der Waals surface area (Å²) in [5, 5.41) is 8.00. The molecule has 0 spiro atoms. The number of anilines is 1. The van der Waals surface area contributed by atoms with Crippen LogP contribution in [0.25, 0.3) is 0 Å². The molecule has 1 N–H and O–H groups in total. The normalized spacial score (nSPS) is 16.7. The SMILES string of the molecule is CCn1nccc1N1CC(C(=O)NCCCc2c(Cl)cccc2Cl)C(=O)C1=O. The van der Waals surface area contributed by atoms with Gasteiger partial charge in [0.15, 0.2) is 0 Å². The van der Waals surface area contributed by atoms with Gasteiger partial charge in [-0.15, -0.1) is 0 Å². The fourth-order valence-corrected chi connectivity index (χ4v) is 3.79. The van der Waals surface area contributed by atoms with E-state index in [9.17, 15) is 14.4 Å². The first-order valence-corrected chi connectivity index (χ1v) is 9.77. The number of rotatable bonds is 7. The number of carbonyl (C=O) groups excluding carboxylic acids is 3. The quantitative estimate of drug-likeness (QED) is 0.421. The number of nitrogens with zero attached hydrogens (tertiary/aromatic N) is 3. The summed E-state index contributed by atoms with van der Waals surface area (Å²) in [5.41, 5.74) is 0.825.